The number of nitrogens with zero attached hydrogens (tertiary/aromatic N) is 1. The Hall–Kier alpha value is -3.32. The van der Waals surface area contributed by atoms with Gasteiger partial charge in [0, 0.05) is 11.0 Å². The monoisotopic (exact) mass is 481 g/mol. The first kappa shape index (κ1) is 19.6. The molecule has 0 saturated heterocycles. The van der Waals surface area contributed by atoms with Gasteiger partial charge in [0.25, 0.3) is 5.91 Å². The van der Waals surface area contributed by atoms with Crippen LogP contribution in [0.15, 0.2) is 80.4 Å². The number of halogens is 3. The van der Waals surface area contributed by atoms with Gasteiger partial charge in [-0.2, -0.15) is 0 Å². The molecule has 1 amide bonds. The van der Waals surface area contributed by atoms with Crippen molar-refractivity contribution in [3.8, 4) is 0 Å². The van der Waals surface area contributed by atoms with Gasteiger partial charge in [0.2, 0.25) is 5.76 Å². The van der Waals surface area contributed by atoms with Crippen LogP contribution in [-0.4, -0.2) is 10.8 Å². The maximum Gasteiger partial charge on any atom is 0.291 e. The topological polar surface area (TPSA) is 50.5 Å². The highest BCUT2D eigenvalue weighted by Gasteiger charge is 2.42. The second-order valence-electron chi connectivity index (χ2n) is 7.33. The van der Waals surface area contributed by atoms with Gasteiger partial charge in [0.05, 0.1) is 17.0 Å². The molecule has 3 aromatic carbocycles. The molecule has 31 heavy (non-hydrogen) atoms. The number of hydrogen-bond acceptors (Lipinski definition) is 3. The third kappa shape index (κ3) is 3.35. The lowest BCUT2D eigenvalue weighted by atomic mass is 9.98. The summed E-state index contributed by atoms with van der Waals surface area (Å²) in [6, 6.07) is 15.7. The molecule has 0 N–H and O–H groups in total. The number of carbonyl (C=O) groups is 1. The van der Waals surface area contributed by atoms with E-state index >= 15 is 0 Å². The Kier molecular flexibility index (Phi) is 4.70. The predicted molar refractivity (Wildman–Crippen MR) is 115 cm³/mol. The lowest BCUT2D eigenvalue weighted by Crippen LogP contribution is -2.29. The van der Waals surface area contributed by atoms with Crippen molar-refractivity contribution < 1.29 is 18.0 Å². The Morgan fingerprint density at radius 3 is 2.23 bits per heavy atom. The summed E-state index contributed by atoms with van der Waals surface area (Å²) in [5.74, 6) is -1.29. The van der Waals surface area contributed by atoms with Crippen LogP contribution >= 0.6 is 15.9 Å². The van der Waals surface area contributed by atoms with Gasteiger partial charge in [-0.3, -0.25) is 9.59 Å². The van der Waals surface area contributed by atoms with Gasteiger partial charge >= 0.3 is 0 Å². The van der Waals surface area contributed by atoms with Crippen molar-refractivity contribution in [3.63, 3.8) is 0 Å². The summed E-state index contributed by atoms with van der Waals surface area (Å²) in [4.78, 5) is 28.2. The Labute approximate surface area is 183 Å². The summed E-state index contributed by atoms with van der Waals surface area (Å²) in [5.41, 5.74) is 1.47. The molecule has 7 heteroatoms. The lowest BCUT2D eigenvalue weighted by molar-refractivity contribution is 0.0714. The first-order valence-corrected chi connectivity index (χ1v) is 10.3. The van der Waals surface area contributed by atoms with Gasteiger partial charge in [-0.05, 0) is 53.6 Å². The van der Waals surface area contributed by atoms with Crippen molar-refractivity contribution in [2.45, 2.75) is 12.6 Å². The number of rotatable bonds is 3. The summed E-state index contributed by atoms with van der Waals surface area (Å²) < 4.78 is 33.5. The molecule has 154 valence electrons. The van der Waals surface area contributed by atoms with Crippen LogP contribution < -0.4 is 5.43 Å². The predicted octanol–water partition coefficient (Wildman–Crippen LogP) is 5.58. The van der Waals surface area contributed by atoms with Crippen molar-refractivity contribution in [1.29, 1.82) is 0 Å². The Morgan fingerprint density at radius 1 is 0.903 bits per heavy atom. The Morgan fingerprint density at radius 2 is 1.55 bits per heavy atom. The molecule has 5 rings (SSSR count). The molecule has 1 aromatic heterocycles. The van der Waals surface area contributed by atoms with Gasteiger partial charge < -0.3 is 9.32 Å². The van der Waals surface area contributed by atoms with Crippen LogP contribution in [0, 0.1) is 11.6 Å². The van der Waals surface area contributed by atoms with E-state index in [9.17, 15) is 18.4 Å². The Balaban J connectivity index is 1.72. The molecule has 1 atom stereocenters. The largest absolute Gasteiger partial charge is 0.450 e. The van der Waals surface area contributed by atoms with E-state index in [2.05, 4.69) is 15.9 Å². The highest BCUT2D eigenvalue weighted by molar-refractivity contribution is 9.10. The fourth-order valence-electron chi connectivity index (χ4n) is 3.93. The van der Waals surface area contributed by atoms with Crippen molar-refractivity contribution in [1.82, 2.24) is 4.90 Å². The first-order valence-electron chi connectivity index (χ1n) is 9.49. The van der Waals surface area contributed by atoms with Crippen molar-refractivity contribution in [2.24, 2.45) is 0 Å². The molecule has 0 saturated carbocycles. The highest BCUT2D eigenvalue weighted by Crippen LogP contribution is 2.39. The highest BCUT2D eigenvalue weighted by atomic mass is 79.9. The van der Waals surface area contributed by atoms with Gasteiger partial charge in [-0.15, -0.1) is 0 Å². The SMILES string of the molecule is O=C1c2oc3ccc(Br)cc3c(=O)c2C(c2ccc(F)cc2)N1Cc1ccc(F)cc1. The zero-order valence-electron chi connectivity index (χ0n) is 15.9. The van der Waals surface area contributed by atoms with Crippen molar-refractivity contribution in [3.05, 3.63) is 116 Å². The number of benzene rings is 3. The smallest absolute Gasteiger partial charge is 0.291 e. The molecule has 0 radical (unpaired) electrons. The fraction of sp³-hybridized carbons (Fsp3) is 0.0833. The second kappa shape index (κ2) is 7.42. The fourth-order valence-corrected chi connectivity index (χ4v) is 4.29. The standard InChI is InChI=1S/C24H14BrF2NO3/c25-15-5-10-19-18(11-15)22(29)20-21(14-3-8-17(27)9-4-14)28(24(30)23(20)31-19)12-13-1-6-16(26)7-2-13/h1-11,21H,12H2. The van der Waals surface area contributed by atoms with Crippen LogP contribution in [0.3, 0.4) is 0 Å². The maximum absolute atomic E-state index is 13.6. The molecule has 1 aliphatic rings. The molecule has 4 nitrogen and oxygen atoms in total. The van der Waals surface area contributed by atoms with Gasteiger partial charge in [0.1, 0.15) is 17.2 Å². The van der Waals surface area contributed by atoms with E-state index in [4.69, 9.17) is 4.42 Å². The minimum atomic E-state index is -0.757. The summed E-state index contributed by atoms with van der Waals surface area (Å²) in [5, 5.41) is 0.344. The quantitative estimate of drug-likeness (QED) is 0.383. The van der Waals surface area contributed by atoms with E-state index in [1.807, 2.05) is 0 Å². The summed E-state index contributed by atoms with van der Waals surface area (Å²) in [7, 11) is 0. The van der Waals surface area contributed by atoms with Crippen LogP contribution in [0.25, 0.3) is 11.0 Å². The van der Waals surface area contributed by atoms with Crippen molar-refractivity contribution >= 4 is 32.8 Å². The average Bonchev–Trinajstić information content (AvgIpc) is 3.03. The molecule has 0 bridgehead atoms. The van der Waals surface area contributed by atoms with Crippen LogP contribution in [-0.2, 0) is 6.54 Å². The third-order valence-corrected chi connectivity index (χ3v) is 5.87. The molecular formula is C24H14BrF2NO3. The lowest BCUT2D eigenvalue weighted by Gasteiger charge is -2.25. The molecule has 0 aliphatic carbocycles. The Bertz CT molecular complexity index is 1380. The van der Waals surface area contributed by atoms with Gasteiger partial charge in [-0.25, -0.2) is 8.78 Å². The molecule has 1 aliphatic heterocycles. The number of hydrogen-bond donors (Lipinski definition) is 0. The normalized spacial score (nSPS) is 15.5. The van der Waals surface area contributed by atoms with E-state index < -0.39 is 17.8 Å². The second-order valence-corrected chi connectivity index (χ2v) is 8.24. The molecular weight excluding hydrogens is 468 g/mol. The molecule has 0 fully saturated rings. The van der Waals surface area contributed by atoms with E-state index in [0.29, 0.717) is 26.6 Å². The van der Waals surface area contributed by atoms with Crippen LogP contribution in [0.5, 0.6) is 0 Å². The van der Waals surface area contributed by atoms with E-state index in [1.54, 1.807) is 42.5 Å². The first-order chi connectivity index (χ1) is 14.9. The average molecular weight is 482 g/mol. The van der Waals surface area contributed by atoms with Crippen LogP contribution in [0.1, 0.15) is 33.3 Å². The van der Waals surface area contributed by atoms with Crippen LogP contribution in [0.4, 0.5) is 8.78 Å². The molecule has 4 aromatic rings. The number of amides is 1. The molecule has 0 spiro atoms. The number of fused-ring (bicyclic) bond motifs is 2. The van der Waals surface area contributed by atoms with Crippen LogP contribution in [0.2, 0.25) is 0 Å². The van der Waals surface area contributed by atoms with Gasteiger partial charge in [-0.1, -0.05) is 40.2 Å². The van der Waals surface area contributed by atoms with E-state index in [-0.39, 0.29) is 29.1 Å². The van der Waals surface area contributed by atoms with E-state index in [0.717, 1.165) is 0 Å². The zero-order chi connectivity index (χ0) is 21.7. The van der Waals surface area contributed by atoms with E-state index in [1.165, 1.54) is 29.2 Å². The maximum atomic E-state index is 13.6. The zero-order valence-corrected chi connectivity index (χ0v) is 17.5. The minimum absolute atomic E-state index is 0.0312. The summed E-state index contributed by atoms with van der Waals surface area (Å²) in [6.07, 6.45) is 0. The third-order valence-electron chi connectivity index (χ3n) is 5.38. The van der Waals surface area contributed by atoms with Gasteiger partial charge in [0.15, 0.2) is 5.43 Å². The molecule has 2 heterocycles. The number of carbonyl (C=O) groups excluding carboxylic acids is 1. The summed E-state index contributed by atoms with van der Waals surface area (Å²) in [6.45, 7) is 0.130. The van der Waals surface area contributed by atoms with Crippen molar-refractivity contribution in [2.75, 3.05) is 0 Å². The summed E-state index contributed by atoms with van der Waals surface area (Å²) >= 11 is 3.36. The minimum Gasteiger partial charge on any atom is -0.450 e. The molecule has 1 unspecified atom stereocenters.